The summed E-state index contributed by atoms with van der Waals surface area (Å²) in [7, 11) is 1.56. The van der Waals surface area contributed by atoms with Gasteiger partial charge in [-0.3, -0.25) is 14.3 Å². The number of thiazole rings is 1. The van der Waals surface area contributed by atoms with Crippen LogP contribution >= 0.6 is 11.3 Å². The summed E-state index contributed by atoms with van der Waals surface area (Å²) in [4.78, 5) is 22.7. The normalized spacial score (nSPS) is 14.3. The highest BCUT2D eigenvalue weighted by Gasteiger charge is 2.34. The van der Waals surface area contributed by atoms with Gasteiger partial charge >= 0.3 is 0 Å². The van der Waals surface area contributed by atoms with Crippen LogP contribution in [0.5, 0.6) is 17.4 Å². The number of nitrogens with zero attached hydrogens (tertiary/aromatic N) is 3. The molecule has 2 N–H and O–H groups in total. The standard InChI is InChI=1S/C26H25N3O4S/c1-33-18-12-10-17(11-13-18)23(30)21-22(16-7-3-2-4-8-16)29(25(32)24(21)31)26-28-20(15-34-26)19-9-5-6-14-27-19/h5-6,9-16,31-32H,2-4,7-8H2,1H3. The Hall–Kier alpha value is -3.65. The summed E-state index contributed by atoms with van der Waals surface area (Å²) in [5.74, 6) is -0.440. The molecule has 0 bridgehead atoms. The molecule has 3 aromatic heterocycles. The molecule has 34 heavy (non-hydrogen) atoms. The number of aromatic nitrogens is 3. The minimum Gasteiger partial charge on any atom is -0.503 e. The van der Waals surface area contributed by atoms with Gasteiger partial charge in [-0.2, -0.15) is 0 Å². The number of carbonyl (C=O) groups is 1. The number of hydrogen-bond donors (Lipinski definition) is 2. The molecule has 0 saturated heterocycles. The maximum atomic E-state index is 13.6. The first-order chi connectivity index (χ1) is 16.6. The lowest BCUT2D eigenvalue weighted by Gasteiger charge is -2.24. The maximum absolute atomic E-state index is 13.6. The van der Waals surface area contributed by atoms with E-state index in [1.165, 1.54) is 11.3 Å². The fourth-order valence-electron chi connectivity index (χ4n) is 4.63. The molecule has 174 valence electrons. The summed E-state index contributed by atoms with van der Waals surface area (Å²) in [6.07, 6.45) is 6.66. The zero-order valence-corrected chi connectivity index (χ0v) is 19.6. The average molecular weight is 476 g/mol. The number of ketones is 1. The van der Waals surface area contributed by atoms with Crippen LogP contribution in [0, 0.1) is 0 Å². The summed E-state index contributed by atoms with van der Waals surface area (Å²) < 4.78 is 6.76. The van der Waals surface area contributed by atoms with Crippen molar-refractivity contribution in [3.8, 4) is 33.9 Å². The first-order valence-electron chi connectivity index (χ1n) is 11.3. The van der Waals surface area contributed by atoms with Crippen molar-refractivity contribution in [2.75, 3.05) is 7.11 Å². The van der Waals surface area contributed by atoms with E-state index < -0.39 is 5.75 Å². The lowest BCUT2D eigenvalue weighted by atomic mass is 9.84. The van der Waals surface area contributed by atoms with E-state index in [1.807, 2.05) is 23.6 Å². The van der Waals surface area contributed by atoms with Crippen LogP contribution in [0.4, 0.5) is 0 Å². The zero-order chi connectivity index (χ0) is 23.7. The van der Waals surface area contributed by atoms with Crippen molar-refractivity contribution in [3.63, 3.8) is 0 Å². The van der Waals surface area contributed by atoms with E-state index in [2.05, 4.69) is 4.98 Å². The smallest absolute Gasteiger partial charge is 0.242 e. The molecule has 8 heteroatoms. The number of pyridine rings is 1. The van der Waals surface area contributed by atoms with Crippen LogP contribution in [0.25, 0.3) is 16.5 Å². The molecule has 0 atom stereocenters. The van der Waals surface area contributed by atoms with Crippen molar-refractivity contribution in [3.05, 3.63) is 70.9 Å². The molecular formula is C26H25N3O4S. The Morgan fingerprint density at radius 1 is 1.06 bits per heavy atom. The van der Waals surface area contributed by atoms with E-state index in [4.69, 9.17) is 9.72 Å². The van der Waals surface area contributed by atoms with E-state index in [-0.39, 0.29) is 23.1 Å². The number of rotatable bonds is 6. The Morgan fingerprint density at radius 3 is 2.50 bits per heavy atom. The Morgan fingerprint density at radius 2 is 1.82 bits per heavy atom. The van der Waals surface area contributed by atoms with Crippen molar-refractivity contribution in [1.82, 2.24) is 14.5 Å². The molecular weight excluding hydrogens is 450 g/mol. The summed E-state index contributed by atoms with van der Waals surface area (Å²) in [6.45, 7) is 0. The molecule has 1 fully saturated rings. The highest BCUT2D eigenvalue weighted by atomic mass is 32.1. The minimum absolute atomic E-state index is 0.0277. The van der Waals surface area contributed by atoms with Crippen LogP contribution < -0.4 is 4.74 Å². The molecule has 0 aliphatic heterocycles. The van der Waals surface area contributed by atoms with Crippen LogP contribution in [0.3, 0.4) is 0 Å². The molecule has 3 heterocycles. The van der Waals surface area contributed by atoms with Gasteiger partial charge in [0.15, 0.2) is 16.7 Å². The second-order valence-electron chi connectivity index (χ2n) is 8.39. The van der Waals surface area contributed by atoms with E-state index in [9.17, 15) is 15.0 Å². The third-order valence-electron chi connectivity index (χ3n) is 6.34. The van der Waals surface area contributed by atoms with Crippen molar-refractivity contribution < 1.29 is 19.7 Å². The Balaban J connectivity index is 1.65. The molecule has 1 aliphatic rings. The summed E-state index contributed by atoms with van der Waals surface area (Å²) in [6, 6.07) is 12.4. The van der Waals surface area contributed by atoms with Gasteiger partial charge in [0.1, 0.15) is 11.4 Å². The van der Waals surface area contributed by atoms with Crippen LogP contribution in [-0.4, -0.2) is 37.6 Å². The molecule has 0 spiro atoms. The first kappa shape index (κ1) is 22.2. The highest BCUT2D eigenvalue weighted by molar-refractivity contribution is 7.12. The number of carbonyl (C=O) groups excluding carboxylic acids is 1. The molecule has 0 unspecified atom stereocenters. The third-order valence-corrected chi connectivity index (χ3v) is 7.17. The molecule has 1 aliphatic carbocycles. The topological polar surface area (TPSA) is 97.5 Å². The molecule has 7 nitrogen and oxygen atoms in total. The summed E-state index contributed by atoms with van der Waals surface area (Å²) in [5, 5.41) is 24.4. The molecule has 0 amide bonds. The lowest BCUT2D eigenvalue weighted by molar-refractivity contribution is 0.103. The SMILES string of the molecule is COc1ccc(C(=O)c2c(O)c(O)n(-c3nc(-c4ccccn4)cs3)c2C2CCCCC2)cc1. The second-order valence-corrected chi connectivity index (χ2v) is 9.23. The van der Waals surface area contributed by atoms with E-state index in [0.717, 1.165) is 37.8 Å². The van der Waals surface area contributed by atoms with Crippen molar-refractivity contribution >= 4 is 17.1 Å². The number of benzene rings is 1. The Labute approximate surface area is 201 Å². The molecule has 1 saturated carbocycles. The quantitative estimate of drug-likeness (QED) is 0.348. The predicted molar refractivity (Wildman–Crippen MR) is 130 cm³/mol. The fraction of sp³-hybridized carbons (Fsp3) is 0.269. The number of methoxy groups -OCH3 is 1. The van der Waals surface area contributed by atoms with Gasteiger partial charge < -0.3 is 14.9 Å². The first-order valence-corrected chi connectivity index (χ1v) is 12.2. The van der Waals surface area contributed by atoms with Gasteiger partial charge in [-0.25, -0.2) is 4.98 Å². The molecule has 0 radical (unpaired) electrons. The highest BCUT2D eigenvalue weighted by Crippen LogP contribution is 2.46. The average Bonchev–Trinajstić information content (AvgIpc) is 3.48. The van der Waals surface area contributed by atoms with Crippen molar-refractivity contribution in [2.45, 2.75) is 38.0 Å². The van der Waals surface area contributed by atoms with Gasteiger partial charge in [0.25, 0.3) is 0 Å². The Kier molecular flexibility index (Phi) is 6.06. The van der Waals surface area contributed by atoms with Crippen molar-refractivity contribution in [1.29, 1.82) is 0 Å². The lowest BCUT2D eigenvalue weighted by Crippen LogP contribution is -2.14. The minimum atomic E-state index is -0.407. The third kappa shape index (κ3) is 3.94. The number of aromatic hydroxyl groups is 2. The van der Waals surface area contributed by atoms with Gasteiger partial charge in [0.05, 0.1) is 18.4 Å². The number of hydrogen-bond acceptors (Lipinski definition) is 7. The van der Waals surface area contributed by atoms with E-state index in [0.29, 0.717) is 27.8 Å². The van der Waals surface area contributed by atoms with Crippen molar-refractivity contribution in [2.24, 2.45) is 0 Å². The van der Waals surface area contributed by atoms with Crippen LogP contribution in [0.2, 0.25) is 0 Å². The van der Waals surface area contributed by atoms with Crippen LogP contribution in [0.15, 0.2) is 54.0 Å². The fourth-order valence-corrected chi connectivity index (χ4v) is 5.46. The second kappa shape index (κ2) is 9.30. The van der Waals surface area contributed by atoms with Gasteiger partial charge in [0.2, 0.25) is 5.88 Å². The maximum Gasteiger partial charge on any atom is 0.242 e. The largest absolute Gasteiger partial charge is 0.503 e. The number of ether oxygens (including phenoxy) is 1. The van der Waals surface area contributed by atoms with Crippen LogP contribution in [-0.2, 0) is 0 Å². The van der Waals surface area contributed by atoms with Gasteiger partial charge in [-0.15, -0.1) is 11.3 Å². The molecule has 1 aromatic carbocycles. The van der Waals surface area contributed by atoms with Gasteiger partial charge in [0, 0.05) is 28.8 Å². The Bertz CT molecular complexity index is 1310. The summed E-state index contributed by atoms with van der Waals surface area (Å²) in [5.41, 5.74) is 2.57. The van der Waals surface area contributed by atoms with E-state index in [1.54, 1.807) is 42.1 Å². The zero-order valence-electron chi connectivity index (χ0n) is 18.8. The van der Waals surface area contributed by atoms with Gasteiger partial charge in [-0.1, -0.05) is 25.3 Å². The summed E-state index contributed by atoms with van der Waals surface area (Å²) >= 11 is 1.34. The molecule has 4 aromatic rings. The molecule has 5 rings (SSSR count). The van der Waals surface area contributed by atoms with Gasteiger partial charge in [-0.05, 0) is 49.2 Å². The van der Waals surface area contributed by atoms with E-state index >= 15 is 0 Å². The van der Waals surface area contributed by atoms with Crippen LogP contribution in [0.1, 0.15) is 59.6 Å². The monoisotopic (exact) mass is 475 g/mol. The predicted octanol–water partition coefficient (Wildman–Crippen LogP) is 5.69.